The lowest BCUT2D eigenvalue weighted by atomic mass is 10.1. The molecule has 0 fully saturated rings. The highest BCUT2D eigenvalue weighted by Gasteiger charge is 2.27. The number of ether oxygens (including phenoxy) is 1. The Morgan fingerprint density at radius 1 is 1.10 bits per heavy atom. The molecule has 7 heteroatoms. The van der Waals surface area contributed by atoms with Crippen molar-refractivity contribution in [3.05, 3.63) is 77.1 Å². The maximum Gasteiger partial charge on any atom is 0.410 e. The number of rotatable bonds is 4. The van der Waals surface area contributed by atoms with Crippen molar-refractivity contribution in [3.8, 4) is 11.4 Å². The Labute approximate surface area is 168 Å². The van der Waals surface area contributed by atoms with E-state index < -0.39 is 5.97 Å². The molecule has 2 heterocycles. The van der Waals surface area contributed by atoms with Crippen LogP contribution in [0.25, 0.3) is 11.4 Å². The van der Waals surface area contributed by atoms with Crippen LogP contribution in [-0.2, 0) is 31.4 Å². The van der Waals surface area contributed by atoms with Crippen LogP contribution in [0.2, 0.25) is 0 Å². The number of aromatic nitrogens is 2. The molecule has 1 aliphatic heterocycles. The molecular weight excluding hydrogens is 370 g/mol. The number of carboxylic acid groups (broad SMARTS) is 1. The number of carboxylic acids is 1. The minimum Gasteiger partial charge on any atom is -0.478 e. The van der Waals surface area contributed by atoms with Gasteiger partial charge in [-0.1, -0.05) is 42.5 Å². The Hall–Kier alpha value is -3.61. The van der Waals surface area contributed by atoms with Crippen LogP contribution >= 0.6 is 0 Å². The summed E-state index contributed by atoms with van der Waals surface area (Å²) < 4.78 is 7.41. The molecule has 2 aromatic carbocycles. The van der Waals surface area contributed by atoms with E-state index in [1.165, 1.54) is 0 Å². The van der Waals surface area contributed by atoms with Gasteiger partial charge in [-0.2, -0.15) is 0 Å². The van der Waals surface area contributed by atoms with E-state index >= 15 is 0 Å². The maximum atomic E-state index is 12.5. The molecular formula is C22H21N3O4. The van der Waals surface area contributed by atoms with Gasteiger partial charge in [0.05, 0.1) is 23.5 Å². The molecule has 0 bridgehead atoms. The van der Waals surface area contributed by atoms with Crippen LogP contribution in [0.5, 0.6) is 0 Å². The van der Waals surface area contributed by atoms with Crippen LogP contribution in [0.3, 0.4) is 0 Å². The minimum absolute atomic E-state index is 0.236. The van der Waals surface area contributed by atoms with Crippen LogP contribution in [-0.4, -0.2) is 38.2 Å². The number of aromatic carboxylic acids is 1. The van der Waals surface area contributed by atoms with E-state index in [1.807, 2.05) is 41.9 Å². The van der Waals surface area contributed by atoms with Gasteiger partial charge in [-0.15, -0.1) is 0 Å². The monoisotopic (exact) mass is 391 g/mol. The van der Waals surface area contributed by atoms with Gasteiger partial charge in [0, 0.05) is 25.6 Å². The molecule has 29 heavy (non-hydrogen) atoms. The van der Waals surface area contributed by atoms with Crippen molar-refractivity contribution in [2.24, 2.45) is 7.05 Å². The molecule has 0 saturated carbocycles. The summed E-state index contributed by atoms with van der Waals surface area (Å²) in [6.07, 6.45) is 0.310. The SMILES string of the molecule is Cn1c(-c2ccc(C(=O)O)cc2)nc2c1CN(C(=O)OCc1ccccc1)CC2. The molecule has 1 N–H and O–H groups in total. The van der Waals surface area contributed by atoms with E-state index in [4.69, 9.17) is 14.8 Å². The highest BCUT2D eigenvalue weighted by Crippen LogP contribution is 2.26. The molecule has 3 aromatic rings. The third-order valence-electron chi connectivity index (χ3n) is 5.11. The lowest BCUT2D eigenvalue weighted by Gasteiger charge is -2.26. The largest absolute Gasteiger partial charge is 0.478 e. The molecule has 1 aliphatic rings. The smallest absolute Gasteiger partial charge is 0.410 e. The Bertz CT molecular complexity index is 1040. The second kappa shape index (κ2) is 7.79. The van der Waals surface area contributed by atoms with Gasteiger partial charge in [0.25, 0.3) is 0 Å². The lowest BCUT2D eigenvalue weighted by Crippen LogP contribution is -2.37. The fraction of sp³-hybridized carbons (Fsp3) is 0.227. The normalized spacial score (nSPS) is 13.1. The van der Waals surface area contributed by atoms with E-state index in [9.17, 15) is 9.59 Å². The van der Waals surface area contributed by atoms with Crippen molar-refractivity contribution in [2.75, 3.05) is 6.54 Å². The highest BCUT2D eigenvalue weighted by molar-refractivity contribution is 5.88. The summed E-state index contributed by atoms with van der Waals surface area (Å²) in [6, 6.07) is 16.2. The zero-order valence-corrected chi connectivity index (χ0v) is 16.0. The summed E-state index contributed by atoms with van der Waals surface area (Å²) in [5.74, 6) is -0.202. The van der Waals surface area contributed by atoms with Crippen molar-refractivity contribution in [2.45, 2.75) is 19.6 Å². The third kappa shape index (κ3) is 3.85. The zero-order chi connectivity index (χ0) is 20.4. The zero-order valence-electron chi connectivity index (χ0n) is 16.0. The predicted octanol–water partition coefficient (Wildman–Crippen LogP) is 3.48. The number of nitrogens with zero attached hydrogens (tertiary/aromatic N) is 3. The Morgan fingerprint density at radius 2 is 1.83 bits per heavy atom. The average Bonchev–Trinajstić information content (AvgIpc) is 3.08. The first kappa shape index (κ1) is 18.7. The molecule has 0 aliphatic carbocycles. The predicted molar refractivity (Wildman–Crippen MR) is 106 cm³/mol. The van der Waals surface area contributed by atoms with Gasteiger partial charge >= 0.3 is 12.1 Å². The van der Waals surface area contributed by atoms with E-state index in [0.29, 0.717) is 19.5 Å². The quantitative estimate of drug-likeness (QED) is 0.736. The van der Waals surface area contributed by atoms with Crippen molar-refractivity contribution < 1.29 is 19.4 Å². The van der Waals surface area contributed by atoms with Crippen molar-refractivity contribution in [1.82, 2.24) is 14.5 Å². The number of hydrogen-bond donors (Lipinski definition) is 1. The fourth-order valence-electron chi connectivity index (χ4n) is 3.47. The number of imidazole rings is 1. The number of benzene rings is 2. The van der Waals surface area contributed by atoms with Crippen molar-refractivity contribution in [1.29, 1.82) is 0 Å². The van der Waals surface area contributed by atoms with Crippen LogP contribution in [0, 0.1) is 0 Å². The van der Waals surface area contributed by atoms with E-state index in [1.54, 1.807) is 29.2 Å². The maximum absolute atomic E-state index is 12.5. The summed E-state index contributed by atoms with van der Waals surface area (Å²) in [6.45, 7) is 1.23. The summed E-state index contributed by atoms with van der Waals surface area (Å²) >= 11 is 0. The standard InChI is InChI=1S/C22H21N3O4/c1-24-19-13-25(22(28)29-14-15-5-3-2-4-6-15)12-11-18(19)23-20(24)16-7-9-17(10-8-16)21(26)27/h2-10H,11-14H2,1H3,(H,26,27). The Balaban J connectivity index is 1.48. The molecule has 0 saturated heterocycles. The summed E-state index contributed by atoms with van der Waals surface area (Å²) in [5.41, 5.74) is 3.94. The second-order valence-corrected chi connectivity index (χ2v) is 6.98. The lowest BCUT2D eigenvalue weighted by molar-refractivity contribution is 0.0696. The first-order valence-electron chi connectivity index (χ1n) is 9.37. The molecule has 0 atom stereocenters. The van der Waals surface area contributed by atoms with E-state index in [2.05, 4.69) is 0 Å². The number of hydrogen-bond acceptors (Lipinski definition) is 4. The Kier molecular flexibility index (Phi) is 5.03. The fourth-order valence-corrected chi connectivity index (χ4v) is 3.47. The van der Waals surface area contributed by atoms with Gasteiger partial charge in [-0.3, -0.25) is 0 Å². The number of carbonyl (C=O) groups is 2. The van der Waals surface area contributed by atoms with Gasteiger partial charge in [0.1, 0.15) is 12.4 Å². The molecule has 148 valence electrons. The minimum atomic E-state index is -0.958. The van der Waals surface area contributed by atoms with E-state index in [-0.39, 0.29) is 18.3 Å². The van der Waals surface area contributed by atoms with Crippen LogP contribution < -0.4 is 0 Å². The average molecular weight is 391 g/mol. The first-order valence-corrected chi connectivity index (χ1v) is 9.37. The first-order chi connectivity index (χ1) is 14.0. The molecule has 0 unspecified atom stereocenters. The Morgan fingerprint density at radius 3 is 2.52 bits per heavy atom. The second-order valence-electron chi connectivity index (χ2n) is 6.98. The summed E-state index contributed by atoms with van der Waals surface area (Å²) in [5, 5.41) is 9.06. The number of fused-ring (bicyclic) bond motifs is 1. The molecule has 0 spiro atoms. The summed E-state index contributed by atoms with van der Waals surface area (Å²) in [4.78, 5) is 29.9. The number of amides is 1. The van der Waals surface area contributed by atoms with Crippen LogP contribution in [0.15, 0.2) is 54.6 Å². The molecule has 7 nitrogen and oxygen atoms in total. The van der Waals surface area contributed by atoms with Gasteiger partial charge in [0.2, 0.25) is 0 Å². The molecule has 1 aromatic heterocycles. The van der Waals surface area contributed by atoms with Crippen molar-refractivity contribution >= 4 is 12.1 Å². The molecule has 0 radical (unpaired) electrons. The van der Waals surface area contributed by atoms with Gasteiger partial charge in [-0.05, 0) is 17.7 Å². The summed E-state index contributed by atoms with van der Waals surface area (Å²) in [7, 11) is 1.91. The van der Waals surface area contributed by atoms with Gasteiger partial charge in [-0.25, -0.2) is 14.6 Å². The topological polar surface area (TPSA) is 84.7 Å². The van der Waals surface area contributed by atoms with Gasteiger partial charge < -0.3 is 19.3 Å². The van der Waals surface area contributed by atoms with Crippen molar-refractivity contribution in [3.63, 3.8) is 0 Å². The molecule has 4 rings (SSSR count). The third-order valence-corrected chi connectivity index (χ3v) is 5.11. The van der Waals surface area contributed by atoms with Crippen LogP contribution in [0.4, 0.5) is 4.79 Å². The van der Waals surface area contributed by atoms with E-state index in [0.717, 1.165) is 28.3 Å². The molecule has 1 amide bonds. The van der Waals surface area contributed by atoms with Gasteiger partial charge in [0.15, 0.2) is 0 Å². The van der Waals surface area contributed by atoms with Crippen LogP contribution in [0.1, 0.15) is 27.3 Å². The number of carbonyl (C=O) groups excluding carboxylic acids is 1. The highest BCUT2D eigenvalue weighted by atomic mass is 16.6.